The Balaban J connectivity index is 1.77. The summed E-state index contributed by atoms with van der Waals surface area (Å²) in [5.74, 6) is -0.491. The molecule has 0 saturated heterocycles. The van der Waals surface area contributed by atoms with Gasteiger partial charge in [0.15, 0.2) is 6.10 Å². The van der Waals surface area contributed by atoms with Gasteiger partial charge in [-0.15, -0.1) is 0 Å². The first-order valence-electron chi connectivity index (χ1n) is 10.3. The summed E-state index contributed by atoms with van der Waals surface area (Å²) in [5.41, 5.74) is 6.04. The van der Waals surface area contributed by atoms with Gasteiger partial charge in [0, 0.05) is 17.9 Å². The Labute approximate surface area is 197 Å². The summed E-state index contributed by atoms with van der Waals surface area (Å²) < 4.78 is 5.80. The summed E-state index contributed by atoms with van der Waals surface area (Å²) in [7, 11) is 0. The maximum absolute atomic E-state index is 12.3. The molecule has 32 heavy (non-hydrogen) atoms. The zero-order valence-corrected chi connectivity index (χ0v) is 19.7. The Kier molecular flexibility index (Phi) is 9.81. The van der Waals surface area contributed by atoms with Gasteiger partial charge in [-0.3, -0.25) is 25.2 Å². The number of benzene rings is 2. The van der Waals surface area contributed by atoms with Gasteiger partial charge in [0.25, 0.3) is 5.91 Å². The number of ether oxygens (including phenoxy) is 1. The second-order valence-electron chi connectivity index (χ2n) is 7.32. The van der Waals surface area contributed by atoms with Gasteiger partial charge in [0.2, 0.25) is 11.8 Å². The number of amides is 3. The second kappa shape index (κ2) is 12.3. The third-order valence-corrected chi connectivity index (χ3v) is 5.39. The second-order valence-corrected chi connectivity index (χ2v) is 8.16. The molecule has 0 spiro atoms. The van der Waals surface area contributed by atoms with Crippen LogP contribution >= 0.6 is 23.2 Å². The molecule has 0 heterocycles. The fraction of sp³-hybridized carbons (Fsp3) is 0.348. The van der Waals surface area contributed by atoms with Crippen molar-refractivity contribution in [1.82, 2.24) is 10.9 Å². The van der Waals surface area contributed by atoms with E-state index in [1.165, 1.54) is 6.07 Å². The molecule has 0 radical (unpaired) electrons. The van der Waals surface area contributed by atoms with E-state index in [4.69, 9.17) is 27.9 Å². The van der Waals surface area contributed by atoms with E-state index >= 15 is 0 Å². The van der Waals surface area contributed by atoms with E-state index in [1.807, 2.05) is 24.3 Å². The molecule has 0 aliphatic heterocycles. The lowest BCUT2D eigenvalue weighted by Gasteiger charge is -2.19. The number of hydrazine groups is 1. The molecule has 0 fully saturated rings. The fourth-order valence-electron chi connectivity index (χ4n) is 2.78. The van der Waals surface area contributed by atoms with Crippen LogP contribution in [0.1, 0.15) is 51.5 Å². The van der Waals surface area contributed by atoms with Gasteiger partial charge < -0.3 is 10.1 Å². The van der Waals surface area contributed by atoms with Crippen LogP contribution < -0.4 is 20.9 Å². The summed E-state index contributed by atoms with van der Waals surface area (Å²) in [6.45, 7) is 5.76. The number of hydrogen-bond donors (Lipinski definition) is 3. The largest absolute Gasteiger partial charge is 0.481 e. The van der Waals surface area contributed by atoms with Crippen molar-refractivity contribution < 1.29 is 19.1 Å². The molecule has 0 bridgehead atoms. The van der Waals surface area contributed by atoms with Gasteiger partial charge in [-0.25, -0.2) is 0 Å². The molecule has 7 nitrogen and oxygen atoms in total. The van der Waals surface area contributed by atoms with Gasteiger partial charge in [0.05, 0.1) is 10.7 Å². The van der Waals surface area contributed by atoms with Crippen LogP contribution in [-0.4, -0.2) is 23.8 Å². The lowest BCUT2D eigenvalue weighted by molar-refractivity contribution is -0.133. The molecule has 2 atom stereocenters. The van der Waals surface area contributed by atoms with Crippen molar-refractivity contribution in [2.24, 2.45) is 0 Å². The lowest BCUT2D eigenvalue weighted by Crippen LogP contribution is -2.47. The van der Waals surface area contributed by atoms with Crippen LogP contribution in [0.3, 0.4) is 0 Å². The SMILES string of the molecule is CCC(C)c1ccccc1OC(C)C(=O)NNC(=O)CCC(=O)Nc1ccc(Cl)cc1Cl. The van der Waals surface area contributed by atoms with Crippen LogP contribution in [0.4, 0.5) is 5.69 Å². The first-order valence-corrected chi connectivity index (χ1v) is 11.1. The van der Waals surface area contributed by atoms with E-state index < -0.39 is 23.8 Å². The minimum Gasteiger partial charge on any atom is -0.481 e. The molecule has 0 saturated carbocycles. The van der Waals surface area contributed by atoms with Crippen LogP contribution in [0.2, 0.25) is 10.0 Å². The molecular weight excluding hydrogens is 453 g/mol. The quantitative estimate of drug-likeness (QED) is 0.448. The van der Waals surface area contributed by atoms with E-state index in [-0.39, 0.29) is 18.8 Å². The maximum Gasteiger partial charge on any atom is 0.279 e. The van der Waals surface area contributed by atoms with Crippen LogP contribution in [0.15, 0.2) is 42.5 Å². The van der Waals surface area contributed by atoms with E-state index in [2.05, 4.69) is 30.0 Å². The standard InChI is InChI=1S/C23H27Cl2N3O4/c1-4-14(2)17-7-5-6-8-20(17)32-15(3)23(31)28-27-22(30)12-11-21(29)26-19-10-9-16(24)13-18(19)25/h5-10,13-15H,4,11-12H2,1-3H3,(H,26,29)(H,27,30)(H,28,31). The number of para-hydroxylation sites is 1. The Morgan fingerprint density at radius 2 is 1.66 bits per heavy atom. The van der Waals surface area contributed by atoms with Crippen LogP contribution in [-0.2, 0) is 14.4 Å². The third-order valence-electron chi connectivity index (χ3n) is 4.84. The summed E-state index contributed by atoms with van der Waals surface area (Å²) in [5, 5.41) is 3.35. The molecule has 2 aromatic carbocycles. The number of halogens is 2. The molecule has 2 rings (SSSR count). The topological polar surface area (TPSA) is 96.5 Å². The Morgan fingerprint density at radius 1 is 0.969 bits per heavy atom. The molecule has 172 valence electrons. The minimum absolute atomic E-state index is 0.0883. The molecule has 2 unspecified atom stereocenters. The normalized spacial score (nSPS) is 12.4. The van der Waals surface area contributed by atoms with Gasteiger partial charge in [-0.1, -0.05) is 55.2 Å². The summed E-state index contributed by atoms with van der Waals surface area (Å²) in [6.07, 6.45) is -0.0939. The zero-order valence-electron chi connectivity index (χ0n) is 18.2. The van der Waals surface area contributed by atoms with Crippen LogP contribution in [0.25, 0.3) is 0 Å². The number of rotatable bonds is 9. The van der Waals surface area contributed by atoms with E-state index in [0.29, 0.717) is 21.5 Å². The number of hydrogen-bond acceptors (Lipinski definition) is 4. The van der Waals surface area contributed by atoms with E-state index in [0.717, 1.165) is 12.0 Å². The highest BCUT2D eigenvalue weighted by molar-refractivity contribution is 6.36. The van der Waals surface area contributed by atoms with Crippen LogP contribution in [0, 0.1) is 0 Å². The van der Waals surface area contributed by atoms with Crippen molar-refractivity contribution in [2.75, 3.05) is 5.32 Å². The molecule has 0 aliphatic carbocycles. The predicted octanol–water partition coefficient (Wildman–Crippen LogP) is 4.84. The smallest absolute Gasteiger partial charge is 0.279 e. The molecule has 2 aromatic rings. The zero-order chi connectivity index (χ0) is 23.7. The fourth-order valence-corrected chi connectivity index (χ4v) is 3.24. The number of nitrogens with one attached hydrogen (secondary N) is 3. The van der Waals surface area contributed by atoms with Crippen molar-refractivity contribution >= 4 is 46.6 Å². The summed E-state index contributed by atoms with van der Waals surface area (Å²) in [4.78, 5) is 36.3. The Bertz CT molecular complexity index is 968. The lowest BCUT2D eigenvalue weighted by atomic mass is 9.98. The highest BCUT2D eigenvalue weighted by atomic mass is 35.5. The molecule has 3 amide bonds. The monoisotopic (exact) mass is 479 g/mol. The van der Waals surface area contributed by atoms with Gasteiger partial charge in [-0.05, 0) is 49.1 Å². The average Bonchev–Trinajstić information content (AvgIpc) is 2.77. The minimum atomic E-state index is -0.823. The molecular formula is C23H27Cl2N3O4. The van der Waals surface area contributed by atoms with Crippen molar-refractivity contribution in [3.05, 3.63) is 58.1 Å². The molecule has 0 aliphatic rings. The average molecular weight is 480 g/mol. The van der Waals surface area contributed by atoms with Gasteiger partial charge >= 0.3 is 0 Å². The molecule has 3 N–H and O–H groups in total. The molecule has 0 aromatic heterocycles. The first-order chi connectivity index (χ1) is 15.2. The highest BCUT2D eigenvalue weighted by Crippen LogP contribution is 2.29. The molecule has 9 heteroatoms. The number of anilines is 1. The Morgan fingerprint density at radius 3 is 2.34 bits per heavy atom. The van der Waals surface area contributed by atoms with Crippen molar-refractivity contribution in [2.45, 2.75) is 52.1 Å². The predicted molar refractivity (Wildman–Crippen MR) is 126 cm³/mol. The third kappa shape index (κ3) is 7.73. The van der Waals surface area contributed by atoms with Gasteiger partial charge in [0.1, 0.15) is 5.75 Å². The Hall–Kier alpha value is -2.77. The van der Waals surface area contributed by atoms with Crippen LogP contribution in [0.5, 0.6) is 5.75 Å². The maximum atomic E-state index is 12.3. The van der Waals surface area contributed by atoms with E-state index in [1.54, 1.807) is 19.1 Å². The highest BCUT2D eigenvalue weighted by Gasteiger charge is 2.18. The van der Waals surface area contributed by atoms with Crippen molar-refractivity contribution in [3.8, 4) is 5.75 Å². The summed E-state index contributed by atoms with van der Waals surface area (Å²) in [6, 6.07) is 12.2. The summed E-state index contributed by atoms with van der Waals surface area (Å²) >= 11 is 11.8. The van der Waals surface area contributed by atoms with Crippen molar-refractivity contribution in [1.29, 1.82) is 0 Å². The van der Waals surface area contributed by atoms with Gasteiger partial charge in [-0.2, -0.15) is 0 Å². The first kappa shape index (κ1) is 25.5. The number of carbonyl (C=O) groups is 3. The number of carbonyl (C=O) groups excluding carboxylic acids is 3. The van der Waals surface area contributed by atoms with E-state index in [9.17, 15) is 14.4 Å². The van der Waals surface area contributed by atoms with Crippen molar-refractivity contribution in [3.63, 3.8) is 0 Å².